The van der Waals surface area contributed by atoms with Crippen molar-refractivity contribution in [3.05, 3.63) is 0 Å². The van der Waals surface area contributed by atoms with Crippen molar-refractivity contribution in [2.24, 2.45) is 0 Å². The fourth-order valence-corrected chi connectivity index (χ4v) is 2.34. The van der Waals surface area contributed by atoms with Crippen molar-refractivity contribution in [3.63, 3.8) is 0 Å². The number of hydrogen-bond acceptors (Lipinski definition) is 3. The average molecular weight is 228 g/mol. The molecule has 2 unspecified atom stereocenters. The Labute approximate surface area is 98.2 Å². The van der Waals surface area contributed by atoms with E-state index in [4.69, 9.17) is 5.11 Å². The highest BCUT2D eigenvalue weighted by Gasteiger charge is 2.26. The van der Waals surface area contributed by atoms with Crippen LogP contribution < -0.4 is 0 Å². The molecule has 0 aliphatic carbocycles. The van der Waals surface area contributed by atoms with Crippen LogP contribution in [0.15, 0.2) is 0 Å². The summed E-state index contributed by atoms with van der Waals surface area (Å²) in [5.41, 5.74) is 0. The summed E-state index contributed by atoms with van der Waals surface area (Å²) in [6.07, 6.45) is 3.46. The Bertz CT molecular complexity index is 233. The maximum Gasteiger partial charge on any atom is 0.317 e. The Morgan fingerprint density at radius 1 is 1.62 bits per heavy atom. The summed E-state index contributed by atoms with van der Waals surface area (Å²) in [7, 11) is 1.92. The third-order valence-corrected chi connectivity index (χ3v) is 3.65. The fraction of sp³-hybridized carbons (Fsp3) is 0.917. The molecule has 1 heterocycles. The quantitative estimate of drug-likeness (QED) is 0.769. The van der Waals surface area contributed by atoms with Crippen LogP contribution in [0.2, 0.25) is 0 Å². The van der Waals surface area contributed by atoms with E-state index in [1.54, 1.807) is 0 Å². The van der Waals surface area contributed by atoms with Gasteiger partial charge in [-0.3, -0.25) is 14.6 Å². The summed E-state index contributed by atoms with van der Waals surface area (Å²) in [6, 6.07) is 1.01. The Morgan fingerprint density at radius 2 is 2.31 bits per heavy atom. The van der Waals surface area contributed by atoms with Crippen molar-refractivity contribution >= 4 is 5.97 Å². The first kappa shape index (κ1) is 13.5. The molecule has 2 atom stereocenters. The lowest BCUT2D eigenvalue weighted by Gasteiger charge is -2.39. The summed E-state index contributed by atoms with van der Waals surface area (Å²) in [6.45, 7) is 6.78. The maximum atomic E-state index is 10.7. The summed E-state index contributed by atoms with van der Waals surface area (Å²) in [5.74, 6) is -0.733. The Kier molecular flexibility index (Phi) is 5.22. The summed E-state index contributed by atoms with van der Waals surface area (Å²) in [5, 5.41) is 8.78. The zero-order valence-electron chi connectivity index (χ0n) is 10.6. The van der Waals surface area contributed by atoms with Crippen LogP contribution in [0.3, 0.4) is 0 Å². The third kappa shape index (κ3) is 3.76. The molecule has 4 nitrogen and oxygen atoms in total. The van der Waals surface area contributed by atoms with Crippen LogP contribution in [0.4, 0.5) is 0 Å². The van der Waals surface area contributed by atoms with Gasteiger partial charge in [-0.15, -0.1) is 0 Å². The SMILES string of the molecule is CCC(C)N1CCCC(N(C)CC(=O)O)C1. The lowest BCUT2D eigenvalue weighted by Crippen LogP contribution is -2.50. The second kappa shape index (κ2) is 6.21. The van der Waals surface area contributed by atoms with Crippen molar-refractivity contribution in [1.29, 1.82) is 0 Å². The molecule has 1 aliphatic heterocycles. The topological polar surface area (TPSA) is 43.8 Å². The van der Waals surface area contributed by atoms with Gasteiger partial charge in [0.25, 0.3) is 0 Å². The average Bonchev–Trinajstić information content (AvgIpc) is 2.27. The van der Waals surface area contributed by atoms with Gasteiger partial charge in [-0.05, 0) is 39.8 Å². The first-order chi connectivity index (χ1) is 7.54. The molecule has 0 bridgehead atoms. The number of carboxylic acid groups (broad SMARTS) is 1. The van der Waals surface area contributed by atoms with Gasteiger partial charge in [0.1, 0.15) is 0 Å². The Balaban J connectivity index is 2.46. The highest BCUT2D eigenvalue weighted by atomic mass is 16.4. The van der Waals surface area contributed by atoms with E-state index >= 15 is 0 Å². The molecule has 0 radical (unpaired) electrons. The Morgan fingerprint density at radius 3 is 2.88 bits per heavy atom. The molecule has 0 saturated carbocycles. The first-order valence-electron chi connectivity index (χ1n) is 6.20. The van der Waals surface area contributed by atoms with Gasteiger partial charge in [0.2, 0.25) is 0 Å². The molecule has 4 heteroatoms. The summed E-state index contributed by atoms with van der Waals surface area (Å²) in [4.78, 5) is 15.1. The van der Waals surface area contributed by atoms with Crippen LogP contribution in [0, 0.1) is 0 Å². The molecule has 1 aliphatic rings. The summed E-state index contributed by atoms with van der Waals surface area (Å²) < 4.78 is 0. The standard InChI is InChI=1S/C12H24N2O2/c1-4-10(2)14-7-5-6-11(8-14)13(3)9-12(15)16/h10-11H,4-9H2,1-3H3,(H,15,16). The fourth-order valence-electron chi connectivity index (χ4n) is 2.34. The smallest absolute Gasteiger partial charge is 0.317 e. The minimum Gasteiger partial charge on any atom is -0.480 e. The molecular weight excluding hydrogens is 204 g/mol. The van der Waals surface area contributed by atoms with E-state index in [2.05, 4.69) is 18.7 Å². The zero-order chi connectivity index (χ0) is 12.1. The van der Waals surface area contributed by atoms with Crippen LogP contribution in [0.5, 0.6) is 0 Å². The lowest BCUT2D eigenvalue weighted by atomic mass is 10.0. The number of rotatable bonds is 5. The highest BCUT2D eigenvalue weighted by Crippen LogP contribution is 2.17. The molecular formula is C12H24N2O2. The van der Waals surface area contributed by atoms with Gasteiger partial charge >= 0.3 is 5.97 Å². The molecule has 16 heavy (non-hydrogen) atoms. The van der Waals surface area contributed by atoms with Gasteiger partial charge in [0.05, 0.1) is 6.54 Å². The van der Waals surface area contributed by atoms with E-state index < -0.39 is 5.97 Å². The van der Waals surface area contributed by atoms with Gasteiger partial charge in [-0.25, -0.2) is 0 Å². The van der Waals surface area contributed by atoms with Crippen LogP contribution in [0.25, 0.3) is 0 Å². The normalized spacial score (nSPS) is 24.6. The summed E-state index contributed by atoms with van der Waals surface area (Å²) >= 11 is 0. The number of carbonyl (C=O) groups is 1. The third-order valence-electron chi connectivity index (χ3n) is 3.65. The van der Waals surface area contributed by atoms with E-state index in [0.29, 0.717) is 12.1 Å². The van der Waals surface area contributed by atoms with E-state index in [9.17, 15) is 4.79 Å². The van der Waals surface area contributed by atoms with Crippen molar-refractivity contribution < 1.29 is 9.90 Å². The van der Waals surface area contributed by atoms with Gasteiger partial charge in [0.15, 0.2) is 0 Å². The van der Waals surface area contributed by atoms with Crippen LogP contribution in [-0.2, 0) is 4.79 Å². The van der Waals surface area contributed by atoms with E-state index in [1.807, 2.05) is 11.9 Å². The molecule has 0 spiro atoms. The van der Waals surface area contributed by atoms with Gasteiger partial charge in [-0.1, -0.05) is 6.92 Å². The van der Waals surface area contributed by atoms with E-state index in [-0.39, 0.29) is 6.54 Å². The highest BCUT2D eigenvalue weighted by molar-refractivity contribution is 5.69. The molecule has 0 aromatic rings. The molecule has 0 aromatic heterocycles. The first-order valence-corrected chi connectivity index (χ1v) is 6.20. The molecule has 1 N–H and O–H groups in total. The second-order valence-electron chi connectivity index (χ2n) is 4.86. The van der Waals surface area contributed by atoms with Crippen molar-refractivity contribution in [3.8, 4) is 0 Å². The monoisotopic (exact) mass is 228 g/mol. The van der Waals surface area contributed by atoms with Crippen molar-refractivity contribution in [1.82, 2.24) is 9.80 Å². The number of hydrogen-bond donors (Lipinski definition) is 1. The van der Waals surface area contributed by atoms with Crippen molar-refractivity contribution in [2.45, 2.75) is 45.2 Å². The van der Waals surface area contributed by atoms with E-state index in [0.717, 1.165) is 25.9 Å². The van der Waals surface area contributed by atoms with Crippen LogP contribution in [-0.4, -0.2) is 59.6 Å². The van der Waals surface area contributed by atoms with Crippen LogP contribution >= 0.6 is 0 Å². The second-order valence-corrected chi connectivity index (χ2v) is 4.86. The van der Waals surface area contributed by atoms with Crippen LogP contribution in [0.1, 0.15) is 33.1 Å². The lowest BCUT2D eigenvalue weighted by molar-refractivity contribution is -0.138. The molecule has 1 saturated heterocycles. The molecule has 1 fully saturated rings. The minimum absolute atomic E-state index is 0.152. The molecule has 1 rings (SSSR count). The maximum absolute atomic E-state index is 10.7. The molecule has 0 aromatic carbocycles. The van der Waals surface area contributed by atoms with Gasteiger partial charge in [0, 0.05) is 18.6 Å². The van der Waals surface area contributed by atoms with Crippen molar-refractivity contribution in [2.75, 3.05) is 26.7 Å². The molecule has 0 amide bonds. The molecule has 94 valence electrons. The van der Waals surface area contributed by atoms with Gasteiger partial charge < -0.3 is 5.11 Å². The minimum atomic E-state index is -0.733. The number of piperidine rings is 1. The van der Waals surface area contributed by atoms with Gasteiger partial charge in [-0.2, -0.15) is 0 Å². The number of likely N-dealkylation sites (N-methyl/N-ethyl adjacent to an activating group) is 1. The zero-order valence-corrected chi connectivity index (χ0v) is 10.6. The Hall–Kier alpha value is -0.610. The largest absolute Gasteiger partial charge is 0.480 e. The van der Waals surface area contributed by atoms with E-state index in [1.165, 1.54) is 6.42 Å². The number of carboxylic acids is 1. The predicted molar refractivity (Wildman–Crippen MR) is 64.6 cm³/mol. The number of aliphatic carboxylic acids is 1. The predicted octanol–water partition coefficient (Wildman–Crippen LogP) is 1.27. The number of nitrogens with zero attached hydrogens (tertiary/aromatic N) is 2. The number of likely N-dealkylation sites (tertiary alicyclic amines) is 1.